The molecule has 1 aliphatic rings. The number of nitrogens with zero attached hydrogens (tertiary/aromatic N) is 1. The van der Waals surface area contributed by atoms with Gasteiger partial charge in [-0.1, -0.05) is 12.1 Å². The number of carboxylic acids is 3. The second-order valence-electron chi connectivity index (χ2n) is 7.32. The first-order valence-corrected chi connectivity index (χ1v) is 9.30. The fourth-order valence-corrected chi connectivity index (χ4v) is 3.33. The Balaban J connectivity index is 0.000000330. The summed E-state index contributed by atoms with van der Waals surface area (Å²) in [5.74, 6) is -5.50. The predicted octanol–water partition coefficient (Wildman–Crippen LogP) is 0.785. The van der Waals surface area contributed by atoms with Crippen molar-refractivity contribution in [2.75, 3.05) is 27.2 Å². The van der Waals surface area contributed by atoms with Crippen molar-refractivity contribution < 1.29 is 48.7 Å². The van der Waals surface area contributed by atoms with Gasteiger partial charge in [-0.3, -0.25) is 14.4 Å². The summed E-state index contributed by atoms with van der Waals surface area (Å²) in [5, 5.41) is 33.8. The summed E-state index contributed by atoms with van der Waals surface area (Å²) in [4.78, 5) is 44.5. The van der Waals surface area contributed by atoms with Crippen LogP contribution in [-0.4, -0.2) is 82.1 Å². The van der Waals surface area contributed by atoms with Crippen LogP contribution in [0.4, 0.5) is 4.39 Å². The first-order chi connectivity index (χ1) is 14.4. The van der Waals surface area contributed by atoms with E-state index < -0.39 is 36.4 Å². The van der Waals surface area contributed by atoms with Crippen LogP contribution in [0.25, 0.3) is 0 Å². The molecule has 0 aromatic heterocycles. The molecule has 1 aromatic carbocycles. The fourth-order valence-electron chi connectivity index (χ4n) is 3.33. The van der Waals surface area contributed by atoms with Gasteiger partial charge in [0.05, 0.1) is 25.9 Å². The lowest BCUT2D eigenvalue weighted by Crippen LogP contribution is -2.42. The molecule has 0 spiro atoms. The Morgan fingerprint density at radius 1 is 1.10 bits per heavy atom. The van der Waals surface area contributed by atoms with Gasteiger partial charge in [0.1, 0.15) is 5.82 Å². The second-order valence-corrected chi connectivity index (χ2v) is 7.32. The zero-order chi connectivity index (χ0) is 23.8. The fraction of sp³-hybridized carbons (Fsp3) is 0.500. The molecule has 172 valence electrons. The average Bonchev–Trinajstić information content (AvgIpc) is 2.67. The number of ether oxygens (including phenoxy) is 1. The number of carbonyl (C=O) groups is 4. The number of hydrogen-bond acceptors (Lipinski definition) is 7. The molecule has 0 unspecified atom stereocenters. The molecule has 1 fully saturated rings. The topological polar surface area (TPSA) is 162 Å². The normalized spacial score (nSPS) is 19.0. The molecule has 0 saturated carbocycles. The largest absolute Gasteiger partial charge is 0.481 e. The Hall–Kier alpha value is -3.05. The summed E-state index contributed by atoms with van der Waals surface area (Å²) in [6, 6.07) is 6.42. The number of rotatable bonds is 7. The molecule has 0 aliphatic carbocycles. The number of esters is 1. The van der Waals surface area contributed by atoms with Crippen LogP contribution in [0.1, 0.15) is 30.7 Å². The molecule has 10 nitrogen and oxygen atoms in total. The van der Waals surface area contributed by atoms with Crippen molar-refractivity contribution in [1.29, 1.82) is 0 Å². The highest BCUT2D eigenvalue weighted by atomic mass is 19.1. The molecule has 11 heteroatoms. The van der Waals surface area contributed by atoms with Gasteiger partial charge in [-0.25, -0.2) is 9.18 Å². The number of benzene rings is 1. The van der Waals surface area contributed by atoms with Gasteiger partial charge in [-0.05, 0) is 43.6 Å². The highest BCUT2D eigenvalue weighted by Crippen LogP contribution is 2.33. The number of halogens is 1. The van der Waals surface area contributed by atoms with Crippen LogP contribution < -0.4 is 0 Å². The summed E-state index contributed by atoms with van der Waals surface area (Å²) in [6.45, 7) is 1.63. The van der Waals surface area contributed by atoms with E-state index in [1.54, 1.807) is 12.1 Å². The van der Waals surface area contributed by atoms with Crippen molar-refractivity contribution in [3.8, 4) is 0 Å². The maximum atomic E-state index is 12.9. The Bertz CT molecular complexity index is 780. The number of likely N-dealkylation sites (tertiary alicyclic amines) is 1. The van der Waals surface area contributed by atoms with Gasteiger partial charge in [-0.15, -0.1) is 0 Å². The number of piperidine rings is 1. The van der Waals surface area contributed by atoms with Gasteiger partial charge in [-0.2, -0.15) is 0 Å². The average molecular weight is 443 g/mol. The summed E-state index contributed by atoms with van der Waals surface area (Å²) < 4.78 is 17.8. The Kier molecular flexibility index (Phi) is 9.53. The molecule has 1 saturated heterocycles. The smallest absolute Gasteiger partial charge is 0.336 e. The number of hydrogen-bond donors (Lipinski definition) is 4. The molecule has 2 atom stereocenters. The van der Waals surface area contributed by atoms with Gasteiger partial charge in [0, 0.05) is 6.54 Å². The number of methoxy groups -OCH3 is 1. The molecule has 0 amide bonds. The molecule has 4 N–H and O–H groups in total. The number of carboxylic acid groups (broad SMARTS) is 3. The SMILES string of the molecule is COC(=O)[C@H]1CN(C)CC[C@@H]1c1ccc(F)cc1.O=C(O)CC(O)(CC(=O)O)C(=O)O. The lowest BCUT2D eigenvalue weighted by molar-refractivity contribution is -0.170. The molecule has 1 aromatic rings. The van der Waals surface area contributed by atoms with Crippen LogP contribution in [0.5, 0.6) is 0 Å². The third-order valence-electron chi connectivity index (χ3n) is 4.90. The van der Waals surface area contributed by atoms with Gasteiger partial charge in [0.15, 0.2) is 5.60 Å². The van der Waals surface area contributed by atoms with Gasteiger partial charge in [0.2, 0.25) is 0 Å². The van der Waals surface area contributed by atoms with Crippen LogP contribution in [0.15, 0.2) is 24.3 Å². The summed E-state index contributed by atoms with van der Waals surface area (Å²) in [5.41, 5.74) is -1.72. The molecule has 0 radical (unpaired) electrons. The van der Waals surface area contributed by atoms with Crippen molar-refractivity contribution in [2.45, 2.75) is 30.8 Å². The quantitative estimate of drug-likeness (QED) is 0.443. The van der Waals surface area contributed by atoms with Crippen molar-refractivity contribution in [3.63, 3.8) is 0 Å². The zero-order valence-corrected chi connectivity index (χ0v) is 17.2. The van der Waals surface area contributed by atoms with E-state index in [9.17, 15) is 23.6 Å². The first-order valence-electron chi connectivity index (χ1n) is 9.30. The van der Waals surface area contributed by atoms with Crippen LogP contribution in [-0.2, 0) is 23.9 Å². The van der Waals surface area contributed by atoms with Crippen LogP contribution in [0, 0.1) is 11.7 Å². The van der Waals surface area contributed by atoms with E-state index in [0.717, 1.165) is 18.5 Å². The number of carbonyl (C=O) groups excluding carboxylic acids is 1. The molecule has 1 heterocycles. The standard InChI is InChI=1S/C14H18FNO2.C6H8O7/c1-16-8-7-12(13(9-16)14(17)18-2)10-3-5-11(15)6-4-10;7-3(8)1-6(13,5(11)12)2-4(9)10/h3-6,12-13H,7-9H2,1-2H3;13H,1-2H2,(H,7,8)(H,9,10)(H,11,12)/t12-,13+;/m1./s1. The van der Waals surface area contributed by atoms with E-state index in [1.165, 1.54) is 19.2 Å². The van der Waals surface area contributed by atoms with Gasteiger partial charge >= 0.3 is 23.9 Å². The molecule has 0 bridgehead atoms. The van der Waals surface area contributed by atoms with Crippen LogP contribution in [0.3, 0.4) is 0 Å². The van der Waals surface area contributed by atoms with E-state index in [4.69, 9.17) is 25.2 Å². The molecule has 2 rings (SSSR count). The maximum absolute atomic E-state index is 12.9. The van der Waals surface area contributed by atoms with Crippen molar-refractivity contribution >= 4 is 23.9 Å². The van der Waals surface area contributed by atoms with Gasteiger partial charge < -0.3 is 30.1 Å². The number of aliphatic carboxylic acids is 3. The van der Waals surface area contributed by atoms with Crippen molar-refractivity contribution in [2.24, 2.45) is 5.92 Å². The van der Waals surface area contributed by atoms with E-state index in [2.05, 4.69) is 4.90 Å². The van der Waals surface area contributed by atoms with E-state index in [1.807, 2.05) is 7.05 Å². The minimum absolute atomic E-state index is 0.120. The Labute approximate surface area is 177 Å². The molecule has 1 aliphatic heterocycles. The molecular formula is C20H26FNO9. The highest BCUT2D eigenvalue weighted by molar-refractivity contribution is 5.88. The number of aliphatic hydroxyl groups is 1. The summed E-state index contributed by atoms with van der Waals surface area (Å²) in [7, 11) is 3.41. The summed E-state index contributed by atoms with van der Waals surface area (Å²) in [6.07, 6.45) is -1.40. The minimum Gasteiger partial charge on any atom is -0.481 e. The van der Waals surface area contributed by atoms with Crippen LogP contribution in [0.2, 0.25) is 0 Å². The van der Waals surface area contributed by atoms with Gasteiger partial charge in [0.25, 0.3) is 0 Å². The van der Waals surface area contributed by atoms with E-state index in [0.29, 0.717) is 6.54 Å². The van der Waals surface area contributed by atoms with Crippen LogP contribution >= 0.6 is 0 Å². The Morgan fingerprint density at radius 3 is 2.03 bits per heavy atom. The minimum atomic E-state index is -2.74. The summed E-state index contributed by atoms with van der Waals surface area (Å²) >= 11 is 0. The van der Waals surface area contributed by atoms with E-state index >= 15 is 0 Å². The maximum Gasteiger partial charge on any atom is 0.336 e. The molecular weight excluding hydrogens is 417 g/mol. The highest BCUT2D eigenvalue weighted by Gasteiger charge is 2.40. The molecule has 31 heavy (non-hydrogen) atoms. The third-order valence-corrected chi connectivity index (χ3v) is 4.90. The van der Waals surface area contributed by atoms with Crippen molar-refractivity contribution in [3.05, 3.63) is 35.6 Å². The second kappa shape index (κ2) is 11.4. The third kappa shape index (κ3) is 7.95. The first kappa shape index (κ1) is 26.0. The predicted molar refractivity (Wildman–Crippen MR) is 104 cm³/mol. The zero-order valence-electron chi connectivity index (χ0n) is 17.2. The van der Waals surface area contributed by atoms with Crippen molar-refractivity contribution in [1.82, 2.24) is 4.90 Å². The van der Waals surface area contributed by atoms with E-state index in [-0.39, 0.29) is 23.6 Å². The monoisotopic (exact) mass is 443 g/mol. The lowest BCUT2D eigenvalue weighted by atomic mass is 9.80. The lowest BCUT2D eigenvalue weighted by Gasteiger charge is -2.35. The Morgan fingerprint density at radius 2 is 1.61 bits per heavy atom.